The molecule has 0 spiro atoms. The smallest absolute Gasteiger partial charge is 0.251 e. The summed E-state index contributed by atoms with van der Waals surface area (Å²) >= 11 is 0. The normalized spacial score (nSPS) is 14.2. The van der Waals surface area contributed by atoms with Crippen LogP contribution in [0.1, 0.15) is 15.9 Å². The van der Waals surface area contributed by atoms with Gasteiger partial charge in [0.25, 0.3) is 5.91 Å². The molecule has 0 radical (unpaired) electrons. The summed E-state index contributed by atoms with van der Waals surface area (Å²) in [4.78, 5) is 25.2. The zero-order chi connectivity index (χ0) is 19.8. The third-order valence-corrected chi connectivity index (χ3v) is 4.88. The molecule has 3 rings (SSSR count). The number of nitrogens with one attached hydrogen (secondary N) is 2. The van der Waals surface area contributed by atoms with Crippen LogP contribution < -0.4 is 15.5 Å². The van der Waals surface area contributed by atoms with Crippen LogP contribution in [-0.4, -0.2) is 68.6 Å². The number of benzene rings is 1. The first-order valence-electron chi connectivity index (χ1n) is 9.64. The van der Waals surface area contributed by atoms with Gasteiger partial charge in [0.2, 0.25) is 0 Å². The minimum atomic E-state index is -0.0589. The van der Waals surface area contributed by atoms with E-state index in [0.29, 0.717) is 5.56 Å². The molecule has 1 aliphatic rings. The van der Waals surface area contributed by atoms with Crippen molar-refractivity contribution in [2.75, 3.05) is 51.7 Å². The molecule has 0 bridgehead atoms. The lowest BCUT2D eigenvalue weighted by atomic mass is 10.1. The summed E-state index contributed by atoms with van der Waals surface area (Å²) in [5.74, 6) is 1.89. The van der Waals surface area contributed by atoms with Crippen LogP contribution >= 0.6 is 24.0 Å². The average molecular weight is 508 g/mol. The number of hydrogen-bond acceptors (Lipinski definition) is 4. The van der Waals surface area contributed by atoms with E-state index in [0.717, 1.165) is 56.5 Å². The second-order valence-corrected chi connectivity index (χ2v) is 6.67. The van der Waals surface area contributed by atoms with E-state index in [-0.39, 0.29) is 29.9 Å². The van der Waals surface area contributed by atoms with Gasteiger partial charge < -0.3 is 20.4 Å². The predicted octanol–water partition coefficient (Wildman–Crippen LogP) is 2.00. The van der Waals surface area contributed by atoms with Crippen molar-refractivity contribution in [2.45, 2.75) is 6.42 Å². The Labute approximate surface area is 189 Å². The van der Waals surface area contributed by atoms with Crippen molar-refractivity contribution in [2.24, 2.45) is 4.99 Å². The van der Waals surface area contributed by atoms with Crippen molar-refractivity contribution in [3.63, 3.8) is 0 Å². The molecule has 0 saturated carbocycles. The lowest BCUT2D eigenvalue weighted by Gasteiger charge is -2.37. The third kappa shape index (κ3) is 6.31. The van der Waals surface area contributed by atoms with Gasteiger partial charge in [-0.1, -0.05) is 18.2 Å². The molecule has 1 aromatic heterocycles. The molecule has 0 atom stereocenters. The number of anilines is 1. The van der Waals surface area contributed by atoms with Crippen molar-refractivity contribution in [1.82, 2.24) is 20.5 Å². The number of nitrogens with zero attached hydrogens (tertiary/aromatic N) is 4. The summed E-state index contributed by atoms with van der Waals surface area (Å²) in [6.45, 7) is 4.42. The molecule has 1 fully saturated rings. The van der Waals surface area contributed by atoms with Gasteiger partial charge in [-0.3, -0.25) is 9.79 Å². The maximum absolute atomic E-state index is 11.8. The molecule has 1 aliphatic heterocycles. The first-order chi connectivity index (χ1) is 13.7. The van der Waals surface area contributed by atoms with Crippen LogP contribution in [0.5, 0.6) is 0 Å². The number of carbonyl (C=O) groups is 1. The maximum Gasteiger partial charge on any atom is 0.251 e. The van der Waals surface area contributed by atoms with Crippen LogP contribution in [0.3, 0.4) is 0 Å². The number of pyridine rings is 1. The first kappa shape index (κ1) is 22.9. The summed E-state index contributed by atoms with van der Waals surface area (Å²) in [6.07, 6.45) is 2.67. The van der Waals surface area contributed by atoms with Crippen LogP contribution in [0, 0.1) is 0 Å². The zero-order valence-electron chi connectivity index (χ0n) is 17.0. The molecule has 7 nitrogen and oxygen atoms in total. The Kier molecular flexibility index (Phi) is 9.17. The molecule has 156 valence electrons. The molecular formula is C21H29IN6O. The highest BCUT2D eigenvalue weighted by molar-refractivity contribution is 14.0. The van der Waals surface area contributed by atoms with Gasteiger partial charge in [0, 0.05) is 58.6 Å². The molecule has 29 heavy (non-hydrogen) atoms. The van der Waals surface area contributed by atoms with Gasteiger partial charge in [0.1, 0.15) is 5.82 Å². The minimum Gasteiger partial charge on any atom is -0.356 e. The number of carbonyl (C=O) groups excluding carboxylic acids is 1. The number of aliphatic imine (C=N–C) groups is 1. The van der Waals surface area contributed by atoms with Crippen molar-refractivity contribution >= 4 is 41.7 Å². The molecule has 8 heteroatoms. The lowest BCUT2D eigenvalue weighted by Crippen LogP contribution is -2.53. The van der Waals surface area contributed by atoms with Gasteiger partial charge in [-0.05, 0) is 36.2 Å². The molecular weight excluding hydrogens is 479 g/mol. The summed E-state index contributed by atoms with van der Waals surface area (Å²) in [5, 5.41) is 6.11. The Morgan fingerprint density at radius 2 is 1.93 bits per heavy atom. The van der Waals surface area contributed by atoms with Crippen LogP contribution in [0.15, 0.2) is 53.7 Å². The largest absolute Gasteiger partial charge is 0.356 e. The fourth-order valence-corrected chi connectivity index (χ4v) is 3.35. The molecule has 2 N–H and O–H groups in total. The van der Waals surface area contributed by atoms with Crippen molar-refractivity contribution in [3.05, 3.63) is 59.8 Å². The molecule has 1 amide bonds. The molecule has 0 unspecified atom stereocenters. The van der Waals surface area contributed by atoms with Crippen LogP contribution in [0.4, 0.5) is 5.82 Å². The quantitative estimate of drug-likeness (QED) is 0.368. The number of guanidine groups is 1. The summed E-state index contributed by atoms with van der Waals surface area (Å²) in [7, 11) is 3.47. The number of piperazine rings is 1. The van der Waals surface area contributed by atoms with E-state index in [1.165, 1.54) is 0 Å². The topological polar surface area (TPSA) is 72.9 Å². The molecule has 2 aromatic rings. The van der Waals surface area contributed by atoms with Crippen molar-refractivity contribution in [3.8, 4) is 0 Å². The van der Waals surface area contributed by atoms with Gasteiger partial charge in [0.05, 0.1) is 0 Å². The number of aromatic nitrogens is 1. The highest BCUT2D eigenvalue weighted by Crippen LogP contribution is 2.12. The van der Waals surface area contributed by atoms with Crippen LogP contribution in [0.2, 0.25) is 0 Å². The Hall–Kier alpha value is -2.36. The Balaban J connectivity index is 0.00000300. The summed E-state index contributed by atoms with van der Waals surface area (Å²) in [5.41, 5.74) is 1.82. The Bertz CT molecular complexity index is 806. The van der Waals surface area contributed by atoms with E-state index in [1.54, 1.807) is 7.05 Å². The van der Waals surface area contributed by atoms with Crippen LogP contribution in [-0.2, 0) is 6.42 Å². The molecule has 0 aliphatic carbocycles. The van der Waals surface area contributed by atoms with E-state index >= 15 is 0 Å². The highest BCUT2D eigenvalue weighted by atomic mass is 127. The van der Waals surface area contributed by atoms with E-state index in [9.17, 15) is 4.79 Å². The number of halogens is 1. The summed E-state index contributed by atoms with van der Waals surface area (Å²) < 4.78 is 0. The Morgan fingerprint density at radius 1 is 1.14 bits per heavy atom. The monoisotopic (exact) mass is 508 g/mol. The van der Waals surface area contributed by atoms with Gasteiger partial charge in [-0.25, -0.2) is 4.98 Å². The number of rotatable bonds is 5. The number of hydrogen-bond donors (Lipinski definition) is 2. The minimum absolute atomic E-state index is 0. The van der Waals surface area contributed by atoms with Gasteiger partial charge in [-0.15, -0.1) is 24.0 Å². The standard InChI is InChI=1S/C21H28N6O.HI/c1-22-20(28)18-7-5-6-17(16-18)9-11-25-21(23-2)27-14-12-26(13-15-27)19-8-3-4-10-24-19;/h3-8,10,16H,9,11-15H2,1-2H3,(H,22,28)(H,23,25);1H. The Morgan fingerprint density at radius 3 is 2.59 bits per heavy atom. The van der Waals surface area contributed by atoms with E-state index in [1.807, 2.05) is 49.6 Å². The number of amides is 1. The fraction of sp³-hybridized carbons (Fsp3) is 0.381. The predicted molar refractivity (Wildman–Crippen MR) is 128 cm³/mol. The third-order valence-electron chi connectivity index (χ3n) is 4.88. The van der Waals surface area contributed by atoms with E-state index < -0.39 is 0 Å². The second kappa shape index (κ2) is 11.6. The maximum atomic E-state index is 11.8. The second-order valence-electron chi connectivity index (χ2n) is 6.67. The van der Waals surface area contributed by atoms with Gasteiger partial charge in [-0.2, -0.15) is 0 Å². The highest BCUT2D eigenvalue weighted by Gasteiger charge is 2.20. The van der Waals surface area contributed by atoms with Crippen LogP contribution in [0.25, 0.3) is 0 Å². The van der Waals surface area contributed by atoms with Crippen molar-refractivity contribution < 1.29 is 4.79 Å². The molecule has 2 heterocycles. The average Bonchev–Trinajstić information content (AvgIpc) is 2.77. The lowest BCUT2D eigenvalue weighted by molar-refractivity contribution is 0.0963. The zero-order valence-corrected chi connectivity index (χ0v) is 19.3. The van der Waals surface area contributed by atoms with E-state index in [4.69, 9.17) is 0 Å². The molecule has 1 aromatic carbocycles. The van der Waals surface area contributed by atoms with Crippen molar-refractivity contribution in [1.29, 1.82) is 0 Å². The summed E-state index contributed by atoms with van der Waals surface area (Å²) in [6, 6.07) is 13.7. The van der Waals surface area contributed by atoms with E-state index in [2.05, 4.69) is 36.5 Å². The van der Waals surface area contributed by atoms with Gasteiger partial charge in [0.15, 0.2) is 5.96 Å². The first-order valence-corrected chi connectivity index (χ1v) is 9.64. The SMILES string of the molecule is CN=C(NCCc1cccc(C(=O)NC)c1)N1CCN(c2ccccn2)CC1.I. The fourth-order valence-electron chi connectivity index (χ4n) is 3.35. The molecule has 1 saturated heterocycles. The van der Waals surface area contributed by atoms with Gasteiger partial charge >= 0.3 is 0 Å².